The van der Waals surface area contributed by atoms with Gasteiger partial charge in [-0.1, -0.05) is 23.2 Å². The number of amides is 2. The number of carbonyl (C=O) groups is 2. The molecule has 2 aromatic rings. The number of alkyl halides is 1. The van der Waals surface area contributed by atoms with Crippen molar-refractivity contribution in [2.24, 2.45) is 0 Å². The van der Waals surface area contributed by atoms with Crippen molar-refractivity contribution in [2.75, 3.05) is 4.90 Å². The molecule has 1 aliphatic heterocycles. The van der Waals surface area contributed by atoms with Crippen LogP contribution in [0.5, 0.6) is 0 Å². The second-order valence-electron chi connectivity index (χ2n) is 6.03. The van der Waals surface area contributed by atoms with Crippen molar-refractivity contribution in [1.82, 2.24) is 14.8 Å². The van der Waals surface area contributed by atoms with Gasteiger partial charge in [-0.05, 0) is 43.9 Å². The van der Waals surface area contributed by atoms with Crippen molar-refractivity contribution in [1.29, 1.82) is 0 Å². The average molecular weight is 377 g/mol. The van der Waals surface area contributed by atoms with E-state index in [1.807, 2.05) is 0 Å². The van der Waals surface area contributed by atoms with E-state index in [0.717, 1.165) is 12.8 Å². The maximum absolute atomic E-state index is 12.7. The second-order valence-corrected chi connectivity index (χ2v) is 6.85. The van der Waals surface area contributed by atoms with Crippen LogP contribution in [-0.2, 0) is 9.59 Å². The predicted molar refractivity (Wildman–Crippen MR) is 93.5 cm³/mol. The molecule has 128 valence electrons. The van der Waals surface area contributed by atoms with Crippen LogP contribution in [0.1, 0.15) is 36.7 Å². The molecule has 2 aliphatic rings. The number of anilines is 1. The highest BCUT2D eigenvalue weighted by molar-refractivity contribution is 6.34. The molecule has 2 heterocycles. The van der Waals surface area contributed by atoms with Crippen molar-refractivity contribution >= 4 is 40.7 Å². The molecule has 1 aromatic carbocycles. The van der Waals surface area contributed by atoms with Crippen LogP contribution in [-0.4, -0.2) is 26.6 Å². The van der Waals surface area contributed by atoms with Crippen molar-refractivity contribution in [3.05, 3.63) is 52.6 Å². The fourth-order valence-corrected chi connectivity index (χ4v) is 3.86. The molecule has 8 heteroatoms. The van der Waals surface area contributed by atoms with E-state index in [1.54, 1.807) is 18.2 Å². The second kappa shape index (κ2) is 6.28. The number of hydrogen-bond acceptors (Lipinski definition) is 4. The predicted octanol–water partition coefficient (Wildman–Crippen LogP) is 3.46. The third kappa shape index (κ3) is 2.65. The Bertz CT molecular complexity index is 864. The van der Waals surface area contributed by atoms with E-state index >= 15 is 0 Å². The lowest BCUT2D eigenvalue weighted by Crippen LogP contribution is -2.31. The first-order valence-corrected chi connectivity index (χ1v) is 8.78. The zero-order valence-corrected chi connectivity index (χ0v) is 14.7. The Labute approximate surface area is 154 Å². The summed E-state index contributed by atoms with van der Waals surface area (Å²) < 4.78 is 1.45. The van der Waals surface area contributed by atoms with Crippen LogP contribution in [0.2, 0.25) is 5.02 Å². The molecule has 0 N–H and O–H groups in total. The van der Waals surface area contributed by atoms with Gasteiger partial charge in [-0.25, -0.2) is 14.6 Å². The summed E-state index contributed by atoms with van der Waals surface area (Å²) in [4.78, 5) is 30.5. The maximum Gasteiger partial charge on any atom is 0.261 e. The lowest BCUT2D eigenvalue weighted by Gasteiger charge is -2.18. The van der Waals surface area contributed by atoms with Gasteiger partial charge in [-0.3, -0.25) is 9.59 Å². The van der Waals surface area contributed by atoms with Crippen molar-refractivity contribution in [3.63, 3.8) is 0 Å². The molecule has 1 unspecified atom stereocenters. The molecule has 1 aliphatic carbocycles. The standard InChI is InChI=1S/C17H14Cl2N4O2/c18-14-6-5-10(7-13(14)15(19)22-9-20-8-21-22)23-16(24)11-3-1-2-4-12(11)17(23)25/h5-9,15H,1-4H2. The van der Waals surface area contributed by atoms with Crippen LogP contribution in [0.15, 0.2) is 42.0 Å². The summed E-state index contributed by atoms with van der Waals surface area (Å²) in [6.07, 6.45) is 6.05. The quantitative estimate of drug-likeness (QED) is 0.607. The number of benzene rings is 1. The highest BCUT2D eigenvalue weighted by atomic mass is 35.5. The zero-order chi connectivity index (χ0) is 17.6. The third-order valence-electron chi connectivity index (χ3n) is 4.55. The molecule has 4 rings (SSSR count). The maximum atomic E-state index is 12.7. The fraction of sp³-hybridized carbons (Fsp3) is 0.294. The number of carbonyl (C=O) groups excluding carboxylic acids is 2. The number of hydrogen-bond donors (Lipinski definition) is 0. The van der Waals surface area contributed by atoms with Crippen LogP contribution in [0.3, 0.4) is 0 Å². The Morgan fingerprint density at radius 2 is 1.76 bits per heavy atom. The molecule has 1 aromatic heterocycles. The van der Waals surface area contributed by atoms with E-state index in [1.165, 1.54) is 22.2 Å². The first-order valence-electron chi connectivity index (χ1n) is 7.96. The van der Waals surface area contributed by atoms with Crippen molar-refractivity contribution in [2.45, 2.75) is 31.2 Å². The van der Waals surface area contributed by atoms with E-state index in [4.69, 9.17) is 23.2 Å². The zero-order valence-electron chi connectivity index (χ0n) is 13.2. The van der Waals surface area contributed by atoms with Gasteiger partial charge >= 0.3 is 0 Å². The number of nitrogens with zero attached hydrogens (tertiary/aromatic N) is 4. The highest BCUT2D eigenvalue weighted by Gasteiger charge is 2.39. The molecule has 0 radical (unpaired) electrons. The Hall–Kier alpha value is -2.18. The molecule has 0 bridgehead atoms. The molecule has 0 saturated heterocycles. The first-order chi connectivity index (χ1) is 12.1. The number of rotatable bonds is 3. The van der Waals surface area contributed by atoms with E-state index in [9.17, 15) is 9.59 Å². The number of imide groups is 1. The van der Waals surface area contributed by atoms with Gasteiger partial charge in [0.1, 0.15) is 12.7 Å². The average Bonchev–Trinajstić information content (AvgIpc) is 3.24. The summed E-state index contributed by atoms with van der Waals surface area (Å²) in [6.45, 7) is 0. The summed E-state index contributed by atoms with van der Waals surface area (Å²) >= 11 is 12.7. The smallest absolute Gasteiger partial charge is 0.261 e. The van der Waals surface area contributed by atoms with E-state index in [0.29, 0.717) is 40.3 Å². The molecule has 0 spiro atoms. The molecule has 0 fully saturated rings. The molecular formula is C17H14Cl2N4O2. The van der Waals surface area contributed by atoms with Gasteiger partial charge in [0.2, 0.25) is 0 Å². The Balaban J connectivity index is 1.72. The van der Waals surface area contributed by atoms with Gasteiger partial charge in [-0.15, -0.1) is 0 Å². The van der Waals surface area contributed by atoms with Gasteiger partial charge < -0.3 is 0 Å². The highest BCUT2D eigenvalue weighted by Crippen LogP contribution is 2.38. The monoisotopic (exact) mass is 376 g/mol. The minimum Gasteiger partial charge on any atom is -0.269 e. The SMILES string of the molecule is O=C1C2=C(CCCC2)C(=O)N1c1ccc(Cl)c(C(Cl)n2cncn2)c1. The van der Waals surface area contributed by atoms with E-state index < -0.39 is 5.50 Å². The van der Waals surface area contributed by atoms with Crippen molar-refractivity contribution in [3.8, 4) is 0 Å². The summed E-state index contributed by atoms with van der Waals surface area (Å²) in [5.41, 5.74) is 1.62. The summed E-state index contributed by atoms with van der Waals surface area (Å²) in [5.74, 6) is -0.472. The summed E-state index contributed by atoms with van der Waals surface area (Å²) in [7, 11) is 0. The van der Waals surface area contributed by atoms with Crippen LogP contribution >= 0.6 is 23.2 Å². The van der Waals surface area contributed by atoms with Crippen LogP contribution in [0.25, 0.3) is 0 Å². The Morgan fingerprint density at radius 1 is 1.08 bits per heavy atom. The van der Waals surface area contributed by atoms with Crippen LogP contribution in [0, 0.1) is 0 Å². The van der Waals surface area contributed by atoms with Crippen LogP contribution < -0.4 is 4.90 Å². The number of aromatic nitrogens is 3. The molecule has 0 saturated carbocycles. The summed E-state index contributed by atoms with van der Waals surface area (Å²) in [5, 5.41) is 4.44. The lowest BCUT2D eigenvalue weighted by molar-refractivity contribution is -0.120. The van der Waals surface area contributed by atoms with Gasteiger partial charge in [0.05, 0.1) is 5.69 Å². The number of halogens is 2. The molecule has 1 atom stereocenters. The first kappa shape index (κ1) is 16.3. The summed E-state index contributed by atoms with van der Waals surface area (Å²) in [6, 6.07) is 4.96. The van der Waals surface area contributed by atoms with Gasteiger partial charge in [0.15, 0.2) is 5.50 Å². The molecule has 2 amide bonds. The Morgan fingerprint density at radius 3 is 2.36 bits per heavy atom. The van der Waals surface area contributed by atoms with E-state index in [2.05, 4.69) is 10.1 Å². The van der Waals surface area contributed by atoms with Crippen LogP contribution in [0.4, 0.5) is 5.69 Å². The normalized spacial score (nSPS) is 18.7. The van der Waals surface area contributed by atoms with Gasteiger partial charge in [0.25, 0.3) is 11.8 Å². The molecule has 25 heavy (non-hydrogen) atoms. The van der Waals surface area contributed by atoms with Gasteiger partial charge in [-0.2, -0.15) is 5.10 Å². The third-order valence-corrected chi connectivity index (χ3v) is 5.33. The molecular weight excluding hydrogens is 363 g/mol. The lowest BCUT2D eigenvalue weighted by atomic mass is 9.93. The van der Waals surface area contributed by atoms with Gasteiger partial charge in [0, 0.05) is 21.7 Å². The minimum atomic E-state index is -0.689. The topological polar surface area (TPSA) is 68.1 Å². The van der Waals surface area contributed by atoms with Crippen molar-refractivity contribution < 1.29 is 9.59 Å². The minimum absolute atomic E-state index is 0.236. The fourth-order valence-electron chi connectivity index (χ4n) is 3.30. The molecule has 6 nitrogen and oxygen atoms in total. The largest absolute Gasteiger partial charge is 0.269 e. The Kier molecular flexibility index (Phi) is 4.09. The van der Waals surface area contributed by atoms with E-state index in [-0.39, 0.29) is 11.8 Å².